The van der Waals surface area contributed by atoms with E-state index in [-0.39, 0.29) is 0 Å². The largest absolute Gasteiger partial charge is 0.376 e. The smallest absolute Gasteiger partial charge is 0.0717 e. The number of rotatable bonds is 6. The molecule has 0 aliphatic heterocycles. The summed E-state index contributed by atoms with van der Waals surface area (Å²) in [6.07, 6.45) is 0. The van der Waals surface area contributed by atoms with E-state index in [2.05, 4.69) is 24.4 Å². The number of hydrogen-bond donors (Lipinski definition) is 1. The van der Waals surface area contributed by atoms with Crippen LogP contribution in [0.2, 0.25) is 0 Å². The lowest BCUT2D eigenvalue weighted by atomic mass is 10.2. The SMILES string of the molecule is CNCC(C)COCc1ccccc1. The van der Waals surface area contributed by atoms with Crippen LogP contribution in [0.1, 0.15) is 12.5 Å². The topological polar surface area (TPSA) is 21.3 Å². The van der Waals surface area contributed by atoms with Crippen LogP contribution in [0.5, 0.6) is 0 Å². The van der Waals surface area contributed by atoms with Crippen molar-refractivity contribution in [1.82, 2.24) is 5.32 Å². The minimum Gasteiger partial charge on any atom is -0.376 e. The van der Waals surface area contributed by atoms with Gasteiger partial charge in [0.15, 0.2) is 0 Å². The Bertz CT molecular complexity index is 235. The van der Waals surface area contributed by atoms with Gasteiger partial charge in [0.1, 0.15) is 0 Å². The molecule has 14 heavy (non-hydrogen) atoms. The molecular weight excluding hydrogens is 174 g/mol. The van der Waals surface area contributed by atoms with Crippen LogP contribution in [0.3, 0.4) is 0 Å². The zero-order valence-electron chi connectivity index (χ0n) is 8.99. The van der Waals surface area contributed by atoms with Gasteiger partial charge in [0.05, 0.1) is 13.2 Å². The van der Waals surface area contributed by atoms with Crippen LogP contribution in [0.4, 0.5) is 0 Å². The third kappa shape index (κ3) is 4.40. The molecule has 78 valence electrons. The number of nitrogens with one attached hydrogen (secondary N) is 1. The Balaban J connectivity index is 2.16. The van der Waals surface area contributed by atoms with E-state index in [0.29, 0.717) is 5.92 Å². The first kappa shape index (κ1) is 11.2. The maximum atomic E-state index is 5.59. The van der Waals surface area contributed by atoms with Crippen molar-refractivity contribution in [3.05, 3.63) is 35.9 Å². The molecule has 0 bridgehead atoms. The van der Waals surface area contributed by atoms with Crippen LogP contribution < -0.4 is 5.32 Å². The first-order valence-corrected chi connectivity index (χ1v) is 5.09. The fourth-order valence-electron chi connectivity index (χ4n) is 1.36. The van der Waals surface area contributed by atoms with Crippen molar-refractivity contribution in [2.24, 2.45) is 5.92 Å². The predicted octanol–water partition coefficient (Wildman–Crippen LogP) is 2.06. The summed E-state index contributed by atoms with van der Waals surface area (Å²) >= 11 is 0. The second kappa shape index (κ2) is 6.57. The van der Waals surface area contributed by atoms with Crippen LogP contribution in [-0.2, 0) is 11.3 Å². The highest BCUT2D eigenvalue weighted by Gasteiger charge is 2.00. The normalized spacial score (nSPS) is 12.7. The van der Waals surface area contributed by atoms with Crippen LogP contribution in [0.15, 0.2) is 30.3 Å². The molecule has 0 saturated carbocycles. The van der Waals surface area contributed by atoms with Crippen molar-refractivity contribution in [2.45, 2.75) is 13.5 Å². The predicted molar refractivity (Wildman–Crippen MR) is 59.2 cm³/mol. The Hall–Kier alpha value is -0.860. The molecule has 1 aromatic rings. The van der Waals surface area contributed by atoms with E-state index in [4.69, 9.17) is 4.74 Å². The standard InChI is InChI=1S/C12H19NO/c1-11(8-13-2)9-14-10-12-6-4-3-5-7-12/h3-7,11,13H,8-10H2,1-2H3. The van der Waals surface area contributed by atoms with Gasteiger partial charge < -0.3 is 10.1 Å². The second-order valence-electron chi connectivity index (χ2n) is 3.66. The number of benzene rings is 1. The molecule has 0 aliphatic carbocycles. The lowest BCUT2D eigenvalue weighted by Gasteiger charge is -2.11. The van der Waals surface area contributed by atoms with Crippen LogP contribution in [0.25, 0.3) is 0 Å². The van der Waals surface area contributed by atoms with Gasteiger partial charge >= 0.3 is 0 Å². The minimum atomic E-state index is 0.573. The summed E-state index contributed by atoms with van der Waals surface area (Å²) in [7, 11) is 1.97. The van der Waals surface area contributed by atoms with E-state index in [0.717, 1.165) is 19.8 Å². The van der Waals surface area contributed by atoms with E-state index in [1.54, 1.807) is 0 Å². The van der Waals surface area contributed by atoms with E-state index in [9.17, 15) is 0 Å². The third-order valence-corrected chi connectivity index (χ3v) is 2.07. The summed E-state index contributed by atoms with van der Waals surface area (Å²) in [5, 5.41) is 3.14. The third-order valence-electron chi connectivity index (χ3n) is 2.07. The molecule has 0 saturated heterocycles. The summed E-state index contributed by atoms with van der Waals surface area (Å²) in [5.41, 5.74) is 1.24. The first-order chi connectivity index (χ1) is 6.83. The van der Waals surface area contributed by atoms with Crippen molar-refractivity contribution in [1.29, 1.82) is 0 Å². The molecule has 2 heteroatoms. The maximum absolute atomic E-state index is 5.59. The molecular formula is C12H19NO. The Labute approximate surface area is 86.3 Å². The van der Waals surface area contributed by atoms with E-state index in [1.165, 1.54) is 5.56 Å². The van der Waals surface area contributed by atoms with Gasteiger partial charge in [-0.3, -0.25) is 0 Å². The molecule has 0 aromatic heterocycles. The minimum absolute atomic E-state index is 0.573. The van der Waals surface area contributed by atoms with Gasteiger partial charge in [0, 0.05) is 0 Å². The molecule has 0 heterocycles. The Kier molecular flexibility index (Phi) is 5.27. The molecule has 1 aromatic carbocycles. The molecule has 1 N–H and O–H groups in total. The average molecular weight is 193 g/mol. The van der Waals surface area contributed by atoms with Crippen LogP contribution in [-0.4, -0.2) is 20.2 Å². The molecule has 0 radical (unpaired) electrons. The molecule has 0 spiro atoms. The van der Waals surface area contributed by atoms with E-state index in [1.807, 2.05) is 25.2 Å². The molecule has 2 nitrogen and oxygen atoms in total. The van der Waals surface area contributed by atoms with Crippen LogP contribution >= 0.6 is 0 Å². The quantitative estimate of drug-likeness (QED) is 0.746. The van der Waals surface area contributed by atoms with Gasteiger partial charge in [0.2, 0.25) is 0 Å². The summed E-state index contributed by atoms with van der Waals surface area (Å²) < 4.78 is 5.59. The van der Waals surface area contributed by atoms with Crippen molar-refractivity contribution in [3.63, 3.8) is 0 Å². The van der Waals surface area contributed by atoms with E-state index < -0.39 is 0 Å². The van der Waals surface area contributed by atoms with Gasteiger partial charge in [-0.25, -0.2) is 0 Å². The van der Waals surface area contributed by atoms with E-state index >= 15 is 0 Å². The monoisotopic (exact) mass is 193 g/mol. The highest BCUT2D eigenvalue weighted by molar-refractivity contribution is 5.13. The lowest BCUT2D eigenvalue weighted by molar-refractivity contribution is 0.0924. The molecule has 1 rings (SSSR count). The zero-order chi connectivity index (χ0) is 10.2. The fourth-order valence-corrected chi connectivity index (χ4v) is 1.36. The Morgan fingerprint density at radius 1 is 1.29 bits per heavy atom. The fraction of sp³-hybridized carbons (Fsp3) is 0.500. The molecule has 0 aliphatic rings. The second-order valence-corrected chi connectivity index (χ2v) is 3.66. The lowest BCUT2D eigenvalue weighted by Crippen LogP contribution is -2.20. The zero-order valence-corrected chi connectivity index (χ0v) is 8.99. The Morgan fingerprint density at radius 3 is 2.64 bits per heavy atom. The van der Waals surface area contributed by atoms with Crippen molar-refractivity contribution in [3.8, 4) is 0 Å². The van der Waals surface area contributed by atoms with Crippen molar-refractivity contribution < 1.29 is 4.74 Å². The maximum Gasteiger partial charge on any atom is 0.0717 e. The summed E-state index contributed by atoms with van der Waals surface area (Å²) in [6.45, 7) is 4.72. The van der Waals surface area contributed by atoms with Gasteiger partial charge in [-0.2, -0.15) is 0 Å². The summed E-state index contributed by atoms with van der Waals surface area (Å²) in [6, 6.07) is 10.3. The highest BCUT2D eigenvalue weighted by Crippen LogP contribution is 2.02. The molecule has 0 fully saturated rings. The number of hydrogen-bond acceptors (Lipinski definition) is 2. The summed E-state index contributed by atoms with van der Waals surface area (Å²) in [4.78, 5) is 0. The number of ether oxygens (including phenoxy) is 1. The van der Waals surface area contributed by atoms with Crippen molar-refractivity contribution in [2.75, 3.05) is 20.2 Å². The highest BCUT2D eigenvalue weighted by atomic mass is 16.5. The Morgan fingerprint density at radius 2 is 2.00 bits per heavy atom. The van der Waals surface area contributed by atoms with Crippen molar-refractivity contribution >= 4 is 0 Å². The van der Waals surface area contributed by atoms with Gasteiger partial charge in [0.25, 0.3) is 0 Å². The van der Waals surface area contributed by atoms with Gasteiger partial charge in [-0.05, 0) is 25.1 Å². The molecule has 1 unspecified atom stereocenters. The van der Waals surface area contributed by atoms with Gasteiger partial charge in [-0.1, -0.05) is 37.3 Å². The average Bonchev–Trinajstić information content (AvgIpc) is 2.20. The van der Waals surface area contributed by atoms with Crippen LogP contribution in [0, 0.1) is 5.92 Å². The molecule has 0 amide bonds. The molecule has 1 atom stereocenters. The van der Waals surface area contributed by atoms with Gasteiger partial charge in [-0.15, -0.1) is 0 Å². The first-order valence-electron chi connectivity index (χ1n) is 5.09. The summed E-state index contributed by atoms with van der Waals surface area (Å²) in [5.74, 6) is 0.573.